The van der Waals surface area contributed by atoms with E-state index in [2.05, 4.69) is 32.8 Å². The van der Waals surface area contributed by atoms with Crippen molar-refractivity contribution in [3.63, 3.8) is 0 Å². The Balaban J connectivity index is 1.74. The molecule has 8 nitrogen and oxygen atoms in total. The number of carbonyl (C=O) groups is 3. The van der Waals surface area contributed by atoms with Gasteiger partial charge in [0.25, 0.3) is 0 Å². The number of amides is 4. The van der Waals surface area contributed by atoms with Gasteiger partial charge in [0.15, 0.2) is 0 Å². The van der Waals surface area contributed by atoms with Crippen molar-refractivity contribution in [1.29, 1.82) is 0 Å². The number of aromatic nitrogens is 1. The van der Waals surface area contributed by atoms with Gasteiger partial charge in [0.05, 0.1) is 0 Å². The molecule has 1 fully saturated rings. The number of nitrogens with zero attached hydrogens (tertiary/aromatic N) is 2. The van der Waals surface area contributed by atoms with Crippen molar-refractivity contribution in [3.05, 3.63) is 65.5 Å². The summed E-state index contributed by atoms with van der Waals surface area (Å²) in [6.07, 6.45) is 6.65. The molecule has 1 saturated heterocycles. The van der Waals surface area contributed by atoms with E-state index >= 15 is 0 Å². The average molecular weight is 560 g/mol. The van der Waals surface area contributed by atoms with Crippen LogP contribution < -0.4 is 16.0 Å². The normalized spacial score (nSPS) is 15.1. The Morgan fingerprint density at radius 2 is 1.56 bits per heavy atom. The van der Waals surface area contributed by atoms with Crippen molar-refractivity contribution in [2.24, 2.45) is 5.92 Å². The zero-order valence-electron chi connectivity index (χ0n) is 25.1. The average Bonchev–Trinajstić information content (AvgIpc) is 3.21. The van der Waals surface area contributed by atoms with Gasteiger partial charge in [-0.25, -0.2) is 9.78 Å². The van der Waals surface area contributed by atoms with E-state index in [4.69, 9.17) is 0 Å². The van der Waals surface area contributed by atoms with Gasteiger partial charge in [-0.05, 0) is 81.7 Å². The lowest BCUT2D eigenvalue weighted by atomic mass is 9.99. The quantitative estimate of drug-likeness (QED) is 0.417. The van der Waals surface area contributed by atoms with Gasteiger partial charge < -0.3 is 20.9 Å². The molecule has 41 heavy (non-hydrogen) atoms. The standard InChI is InChI=1S/C33H45N5O3/c1-24(2)22-28(36-32(41)38-20-10-6-7-11-21-38)30(39)35-29(31(40)37-33(3,4)5)23-26-15-13-25(14-16-26)17-18-27-12-8-9-19-34-27/h8-9,12-16,19,24,28-29H,6-7,10-11,20-23H2,1-5H3,(H,35,39)(H,36,41)(H,37,40)/t28-,29-/m0/s1. The molecule has 2 aromatic rings. The fourth-order valence-electron chi connectivity index (χ4n) is 4.69. The van der Waals surface area contributed by atoms with Crippen molar-refractivity contribution in [2.75, 3.05) is 13.1 Å². The molecule has 1 aliphatic rings. The molecule has 0 aliphatic carbocycles. The number of rotatable bonds is 8. The van der Waals surface area contributed by atoms with Gasteiger partial charge in [0.2, 0.25) is 11.8 Å². The monoisotopic (exact) mass is 559 g/mol. The first-order valence-electron chi connectivity index (χ1n) is 14.7. The maximum Gasteiger partial charge on any atom is 0.318 e. The molecule has 4 amide bonds. The van der Waals surface area contributed by atoms with Crippen LogP contribution in [0.4, 0.5) is 4.79 Å². The van der Waals surface area contributed by atoms with Gasteiger partial charge in [0, 0.05) is 36.8 Å². The van der Waals surface area contributed by atoms with Crippen LogP contribution in [-0.4, -0.2) is 58.4 Å². The lowest BCUT2D eigenvalue weighted by molar-refractivity contribution is -0.130. The van der Waals surface area contributed by atoms with Crippen LogP contribution in [0.15, 0.2) is 48.7 Å². The number of hydrogen-bond donors (Lipinski definition) is 3. The maximum atomic E-state index is 13.6. The number of carbonyl (C=O) groups excluding carboxylic acids is 3. The first kappa shape index (κ1) is 31.7. The van der Waals surface area contributed by atoms with Gasteiger partial charge in [-0.2, -0.15) is 0 Å². The molecule has 0 bridgehead atoms. The van der Waals surface area contributed by atoms with Crippen LogP contribution in [0.5, 0.6) is 0 Å². The minimum absolute atomic E-state index is 0.178. The van der Waals surface area contributed by atoms with Crippen LogP contribution in [0.3, 0.4) is 0 Å². The Morgan fingerprint density at radius 3 is 2.15 bits per heavy atom. The molecule has 3 rings (SSSR count). The van der Waals surface area contributed by atoms with Gasteiger partial charge in [-0.1, -0.05) is 50.8 Å². The minimum Gasteiger partial charge on any atom is -0.350 e. The summed E-state index contributed by atoms with van der Waals surface area (Å²) in [5.41, 5.74) is 1.93. The van der Waals surface area contributed by atoms with Crippen molar-refractivity contribution < 1.29 is 14.4 Å². The lowest BCUT2D eigenvalue weighted by Crippen LogP contribution is -2.58. The van der Waals surface area contributed by atoms with Crippen molar-refractivity contribution in [3.8, 4) is 11.8 Å². The zero-order valence-corrected chi connectivity index (χ0v) is 25.1. The number of urea groups is 1. The van der Waals surface area contributed by atoms with E-state index < -0.39 is 17.6 Å². The maximum absolute atomic E-state index is 13.6. The second-order valence-corrected chi connectivity index (χ2v) is 12.2. The predicted molar refractivity (Wildman–Crippen MR) is 162 cm³/mol. The zero-order chi connectivity index (χ0) is 29.8. The predicted octanol–water partition coefficient (Wildman–Crippen LogP) is 4.42. The Kier molecular flexibility index (Phi) is 11.8. The SMILES string of the molecule is CC(C)C[C@H](NC(=O)N1CCCCCC1)C(=O)N[C@@H](Cc1ccc(C#Cc2ccccn2)cc1)C(=O)NC(C)(C)C. The van der Waals surface area contributed by atoms with Gasteiger partial charge in [-0.3, -0.25) is 9.59 Å². The number of hydrogen-bond acceptors (Lipinski definition) is 4. The first-order valence-corrected chi connectivity index (χ1v) is 14.7. The van der Waals surface area contributed by atoms with E-state index in [0.717, 1.165) is 36.8 Å². The smallest absolute Gasteiger partial charge is 0.318 e. The molecule has 1 aromatic carbocycles. The van der Waals surface area contributed by atoms with Gasteiger partial charge in [0.1, 0.15) is 17.8 Å². The molecule has 0 unspecified atom stereocenters. The van der Waals surface area contributed by atoms with E-state index in [0.29, 0.717) is 31.6 Å². The van der Waals surface area contributed by atoms with Gasteiger partial charge >= 0.3 is 6.03 Å². The van der Waals surface area contributed by atoms with Crippen molar-refractivity contribution >= 4 is 17.8 Å². The highest BCUT2D eigenvalue weighted by Crippen LogP contribution is 2.13. The minimum atomic E-state index is -0.808. The molecule has 3 N–H and O–H groups in total. The van der Waals surface area contributed by atoms with Crippen LogP contribution in [0.2, 0.25) is 0 Å². The van der Waals surface area contributed by atoms with E-state index in [-0.39, 0.29) is 23.8 Å². The number of pyridine rings is 1. The summed E-state index contributed by atoms with van der Waals surface area (Å²) < 4.78 is 0. The number of nitrogens with one attached hydrogen (secondary N) is 3. The molecule has 1 aromatic heterocycles. The van der Waals surface area contributed by atoms with Crippen LogP contribution in [0, 0.1) is 17.8 Å². The van der Waals surface area contributed by atoms with Crippen molar-refractivity contribution in [1.82, 2.24) is 25.8 Å². The second-order valence-electron chi connectivity index (χ2n) is 12.2. The van der Waals surface area contributed by atoms with E-state index in [1.54, 1.807) is 11.1 Å². The summed E-state index contributed by atoms with van der Waals surface area (Å²) in [5, 5.41) is 8.91. The molecular weight excluding hydrogens is 514 g/mol. The highest BCUT2D eigenvalue weighted by molar-refractivity contribution is 5.92. The third-order valence-electron chi connectivity index (χ3n) is 6.74. The van der Waals surface area contributed by atoms with Gasteiger partial charge in [-0.15, -0.1) is 0 Å². The Morgan fingerprint density at radius 1 is 0.878 bits per heavy atom. The van der Waals surface area contributed by atoms with E-state index in [1.807, 2.05) is 77.1 Å². The first-order chi connectivity index (χ1) is 19.5. The Hall–Kier alpha value is -3.86. The second kappa shape index (κ2) is 15.2. The molecule has 0 spiro atoms. The summed E-state index contributed by atoms with van der Waals surface area (Å²) in [6.45, 7) is 11.1. The number of likely N-dealkylation sites (tertiary alicyclic amines) is 1. The van der Waals surface area contributed by atoms with E-state index in [9.17, 15) is 14.4 Å². The molecule has 0 saturated carbocycles. The highest BCUT2D eigenvalue weighted by Gasteiger charge is 2.30. The summed E-state index contributed by atoms with van der Waals surface area (Å²) >= 11 is 0. The van der Waals surface area contributed by atoms with Crippen LogP contribution in [-0.2, 0) is 16.0 Å². The third-order valence-corrected chi connectivity index (χ3v) is 6.74. The fourth-order valence-corrected chi connectivity index (χ4v) is 4.69. The molecule has 220 valence electrons. The summed E-state index contributed by atoms with van der Waals surface area (Å²) in [5.74, 6) is 5.70. The number of benzene rings is 1. The molecular formula is C33H45N5O3. The molecule has 2 heterocycles. The van der Waals surface area contributed by atoms with E-state index in [1.165, 1.54) is 0 Å². The summed E-state index contributed by atoms with van der Waals surface area (Å²) in [6, 6.07) is 11.5. The molecule has 8 heteroatoms. The fraction of sp³-hybridized carbons (Fsp3) is 0.515. The Bertz CT molecular complexity index is 1200. The van der Waals surface area contributed by atoms with Crippen LogP contribution >= 0.6 is 0 Å². The Labute approximate surface area is 245 Å². The van der Waals surface area contributed by atoms with Crippen molar-refractivity contribution in [2.45, 2.75) is 90.8 Å². The van der Waals surface area contributed by atoms with Crippen LogP contribution in [0.25, 0.3) is 0 Å². The highest BCUT2D eigenvalue weighted by atomic mass is 16.2. The third kappa shape index (κ3) is 11.3. The molecule has 0 radical (unpaired) electrons. The largest absolute Gasteiger partial charge is 0.350 e. The molecule has 1 aliphatic heterocycles. The summed E-state index contributed by atoms with van der Waals surface area (Å²) in [7, 11) is 0. The lowest BCUT2D eigenvalue weighted by Gasteiger charge is -2.29. The summed E-state index contributed by atoms with van der Waals surface area (Å²) in [4.78, 5) is 46.0. The van der Waals surface area contributed by atoms with Crippen LogP contribution in [0.1, 0.15) is 83.5 Å². The molecule has 2 atom stereocenters. The topological polar surface area (TPSA) is 103 Å².